The van der Waals surface area contributed by atoms with Gasteiger partial charge in [-0.2, -0.15) is 0 Å². The molecule has 0 bridgehead atoms. The lowest BCUT2D eigenvalue weighted by Crippen LogP contribution is -2.65. The molecule has 0 unspecified atom stereocenters. The van der Waals surface area contributed by atoms with Crippen LogP contribution in [0.3, 0.4) is 0 Å². The summed E-state index contributed by atoms with van der Waals surface area (Å²) in [5.41, 5.74) is 0.879. The molecule has 2 aliphatic heterocycles. The Labute approximate surface area is 134 Å². The summed E-state index contributed by atoms with van der Waals surface area (Å²) in [6.07, 6.45) is 6.86. The molecule has 7 nitrogen and oxygen atoms in total. The molecule has 2 aromatic heterocycles. The Morgan fingerprint density at radius 2 is 2.30 bits per heavy atom. The van der Waals surface area contributed by atoms with E-state index < -0.39 is 0 Å². The highest BCUT2D eigenvalue weighted by molar-refractivity contribution is 5.09. The summed E-state index contributed by atoms with van der Waals surface area (Å²) in [5.74, 6) is 1.44. The SMILES string of the molecule is Cc1cc(CN2CC3(C[C@H](Oc4cnccn4)CCO3)C2)no1. The zero-order chi connectivity index (χ0) is 15.7. The van der Waals surface area contributed by atoms with Gasteiger partial charge < -0.3 is 14.0 Å². The van der Waals surface area contributed by atoms with Crippen LogP contribution in [0.2, 0.25) is 0 Å². The highest BCUT2D eigenvalue weighted by Gasteiger charge is 2.48. The van der Waals surface area contributed by atoms with E-state index in [2.05, 4.69) is 20.0 Å². The molecule has 0 aromatic carbocycles. The van der Waals surface area contributed by atoms with Crippen molar-refractivity contribution in [2.24, 2.45) is 0 Å². The number of rotatable bonds is 4. The fraction of sp³-hybridized carbons (Fsp3) is 0.562. The Balaban J connectivity index is 1.32. The molecule has 1 spiro atoms. The van der Waals surface area contributed by atoms with E-state index in [0.717, 1.165) is 50.5 Å². The van der Waals surface area contributed by atoms with Gasteiger partial charge in [-0.25, -0.2) is 4.98 Å². The molecule has 1 atom stereocenters. The normalized spacial score (nSPS) is 23.6. The van der Waals surface area contributed by atoms with Crippen LogP contribution in [0.25, 0.3) is 0 Å². The summed E-state index contributed by atoms with van der Waals surface area (Å²) < 4.78 is 17.1. The summed E-state index contributed by atoms with van der Waals surface area (Å²) in [7, 11) is 0. The van der Waals surface area contributed by atoms with Crippen LogP contribution in [0.15, 0.2) is 29.2 Å². The second kappa shape index (κ2) is 5.90. The van der Waals surface area contributed by atoms with E-state index in [1.807, 2.05) is 13.0 Å². The molecular formula is C16H20N4O3. The molecule has 0 saturated carbocycles. The Morgan fingerprint density at radius 1 is 1.39 bits per heavy atom. The fourth-order valence-electron chi connectivity index (χ4n) is 3.42. The second-order valence-corrected chi connectivity index (χ2v) is 6.38. The van der Waals surface area contributed by atoms with Gasteiger partial charge in [0.15, 0.2) is 0 Å². The predicted molar refractivity (Wildman–Crippen MR) is 80.9 cm³/mol. The Bertz CT molecular complexity index is 654. The third kappa shape index (κ3) is 3.20. The summed E-state index contributed by atoms with van der Waals surface area (Å²) in [6.45, 7) is 5.24. The van der Waals surface area contributed by atoms with Gasteiger partial charge in [-0.3, -0.25) is 9.88 Å². The van der Waals surface area contributed by atoms with Crippen LogP contribution < -0.4 is 4.74 Å². The van der Waals surface area contributed by atoms with Crippen molar-refractivity contribution in [1.29, 1.82) is 0 Å². The number of likely N-dealkylation sites (tertiary alicyclic amines) is 1. The lowest BCUT2D eigenvalue weighted by molar-refractivity contribution is -0.188. The lowest BCUT2D eigenvalue weighted by Gasteiger charge is -2.52. The standard InChI is InChI=1S/C16H20N4O3/c1-12-6-13(19-23-12)9-20-10-16(11-20)7-14(2-5-21-16)22-15-8-17-3-4-18-15/h3-4,6,8,14H,2,5,7,9-11H2,1H3/t14-/m1/s1. The maximum Gasteiger partial charge on any atom is 0.232 e. The molecule has 7 heteroatoms. The molecule has 23 heavy (non-hydrogen) atoms. The fourth-order valence-corrected chi connectivity index (χ4v) is 3.42. The van der Waals surface area contributed by atoms with E-state index in [1.54, 1.807) is 18.6 Å². The third-order valence-corrected chi connectivity index (χ3v) is 4.36. The van der Waals surface area contributed by atoms with Gasteiger partial charge >= 0.3 is 0 Å². The number of ether oxygens (including phenoxy) is 2. The summed E-state index contributed by atoms with van der Waals surface area (Å²) in [6, 6.07) is 1.98. The zero-order valence-electron chi connectivity index (χ0n) is 13.1. The van der Waals surface area contributed by atoms with Gasteiger partial charge in [-0.15, -0.1) is 0 Å². The van der Waals surface area contributed by atoms with Crippen molar-refractivity contribution in [3.63, 3.8) is 0 Å². The largest absolute Gasteiger partial charge is 0.473 e. The first-order chi connectivity index (χ1) is 11.2. The van der Waals surface area contributed by atoms with Crippen molar-refractivity contribution >= 4 is 0 Å². The van der Waals surface area contributed by atoms with Crippen molar-refractivity contribution in [2.75, 3.05) is 19.7 Å². The second-order valence-electron chi connectivity index (χ2n) is 6.38. The molecule has 4 heterocycles. The van der Waals surface area contributed by atoms with E-state index in [9.17, 15) is 0 Å². The minimum absolute atomic E-state index is 0.0933. The Kier molecular flexibility index (Phi) is 3.74. The van der Waals surface area contributed by atoms with Crippen molar-refractivity contribution in [3.05, 3.63) is 36.1 Å². The van der Waals surface area contributed by atoms with E-state index in [0.29, 0.717) is 5.88 Å². The maximum atomic E-state index is 6.04. The minimum atomic E-state index is -0.0933. The number of hydrogen-bond acceptors (Lipinski definition) is 7. The maximum absolute atomic E-state index is 6.04. The van der Waals surface area contributed by atoms with Crippen LogP contribution in [0.5, 0.6) is 5.88 Å². The summed E-state index contributed by atoms with van der Waals surface area (Å²) in [5, 5.41) is 4.04. The van der Waals surface area contributed by atoms with Crippen LogP contribution in [0.1, 0.15) is 24.3 Å². The van der Waals surface area contributed by atoms with Crippen LogP contribution in [-0.2, 0) is 11.3 Å². The number of nitrogens with zero attached hydrogens (tertiary/aromatic N) is 4. The lowest BCUT2D eigenvalue weighted by atomic mass is 9.84. The molecule has 0 aliphatic carbocycles. The predicted octanol–water partition coefficient (Wildman–Crippen LogP) is 1.59. The summed E-state index contributed by atoms with van der Waals surface area (Å²) in [4.78, 5) is 10.5. The number of aryl methyl sites for hydroxylation is 1. The molecule has 0 N–H and O–H groups in total. The highest BCUT2D eigenvalue weighted by atomic mass is 16.5. The van der Waals surface area contributed by atoms with Gasteiger partial charge in [0.1, 0.15) is 11.9 Å². The summed E-state index contributed by atoms with van der Waals surface area (Å²) >= 11 is 0. The topological polar surface area (TPSA) is 73.5 Å². The monoisotopic (exact) mass is 316 g/mol. The molecule has 0 radical (unpaired) electrons. The highest BCUT2D eigenvalue weighted by Crippen LogP contribution is 2.36. The molecular weight excluding hydrogens is 296 g/mol. The van der Waals surface area contributed by atoms with Crippen LogP contribution in [-0.4, -0.2) is 51.4 Å². The smallest absolute Gasteiger partial charge is 0.232 e. The Hall–Kier alpha value is -1.99. The van der Waals surface area contributed by atoms with E-state index >= 15 is 0 Å². The van der Waals surface area contributed by atoms with Gasteiger partial charge in [0.25, 0.3) is 0 Å². The van der Waals surface area contributed by atoms with Gasteiger partial charge in [0.2, 0.25) is 5.88 Å². The van der Waals surface area contributed by atoms with Gasteiger partial charge in [-0.1, -0.05) is 5.16 Å². The molecule has 122 valence electrons. The molecule has 2 saturated heterocycles. The van der Waals surface area contributed by atoms with Crippen LogP contribution >= 0.6 is 0 Å². The van der Waals surface area contributed by atoms with Crippen LogP contribution in [0, 0.1) is 6.92 Å². The minimum Gasteiger partial charge on any atom is -0.473 e. The molecule has 0 amide bonds. The van der Waals surface area contributed by atoms with Gasteiger partial charge in [0, 0.05) is 50.9 Å². The van der Waals surface area contributed by atoms with Gasteiger partial charge in [0.05, 0.1) is 24.1 Å². The van der Waals surface area contributed by atoms with E-state index in [-0.39, 0.29) is 11.7 Å². The van der Waals surface area contributed by atoms with E-state index in [4.69, 9.17) is 14.0 Å². The first-order valence-electron chi connectivity index (χ1n) is 7.92. The quantitative estimate of drug-likeness (QED) is 0.848. The molecule has 2 fully saturated rings. The van der Waals surface area contributed by atoms with Crippen molar-refractivity contribution in [1.82, 2.24) is 20.0 Å². The van der Waals surface area contributed by atoms with Gasteiger partial charge in [-0.05, 0) is 6.92 Å². The average molecular weight is 316 g/mol. The van der Waals surface area contributed by atoms with E-state index in [1.165, 1.54) is 0 Å². The first kappa shape index (κ1) is 14.6. The third-order valence-electron chi connectivity index (χ3n) is 4.36. The van der Waals surface area contributed by atoms with Crippen molar-refractivity contribution in [2.45, 2.75) is 38.0 Å². The van der Waals surface area contributed by atoms with Crippen molar-refractivity contribution < 1.29 is 14.0 Å². The Morgan fingerprint density at radius 3 is 3.04 bits per heavy atom. The average Bonchev–Trinajstić information content (AvgIpc) is 2.92. The molecule has 2 aliphatic rings. The number of hydrogen-bond donors (Lipinski definition) is 0. The zero-order valence-corrected chi connectivity index (χ0v) is 13.1. The molecule has 2 aromatic rings. The van der Waals surface area contributed by atoms with Crippen LogP contribution in [0.4, 0.5) is 0 Å². The molecule has 4 rings (SSSR count). The number of aromatic nitrogens is 3. The first-order valence-corrected chi connectivity index (χ1v) is 7.92. The van der Waals surface area contributed by atoms with Crippen molar-refractivity contribution in [3.8, 4) is 5.88 Å².